The Kier molecular flexibility index (Phi) is 5.73. The van der Waals surface area contributed by atoms with Crippen LogP contribution in [0.1, 0.15) is 55.5 Å². The predicted octanol–water partition coefficient (Wildman–Crippen LogP) is 4.97. The van der Waals surface area contributed by atoms with Gasteiger partial charge >= 0.3 is 0 Å². The van der Waals surface area contributed by atoms with E-state index < -0.39 is 5.83 Å². The van der Waals surface area contributed by atoms with Gasteiger partial charge < -0.3 is 15.0 Å². The maximum atomic E-state index is 14.2. The van der Waals surface area contributed by atoms with Crippen LogP contribution in [0.15, 0.2) is 41.4 Å². The van der Waals surface area contributed by atoms with Gasteiger partial charge in [0.05, 0.1) is 16.9 Å². The van der Waals surface area contributed by atoms with Gasteiger partial charge in [0.2, 0.25) is 0 Å². The fraction of sp³-hybridized carbons (Fsp3) is 0.481. The van der Waals surface area contributed by atoms with Crippen LogP contribution in [-0.2, 0) is 13.0 Å². The van der Waals surface area contributed by atoms with Crippen molar-refractivity contribution in [2.75, 3.05) is 26.7 Å². The summed E-state index contributed by atoms with van der Waals surface area (Å²) in [6, 6.07) is 6.81. The van der Waals surface area contributed by atoms with Crippen LogP contribution in [0.25, 0.3) is 22.4 Å². The lowest BCUT2D eigenvalue weighted by Gasteiger charge is -2.31. The third-order valence-corrected chi connectivity index (χ3v) is 8.10. The van der Waals surface area contributed by atoms with Gasteiger partial charge in [-0.05, 0) is 50.6 Å². The molecule has 3 aliphatic rings. The van der Waals surface area contributed by atoms with Gasteiger partial charge in [0.1, 0.15) is 17.3 Å². The number of allylic oxidation sites excluding steroid dienone is 3. The molecule has 4 heterocycles. The molecule has 6 rings (SSSR count). The molecule has 1 saturated heterocycles. The highest BCUT2D eigenvalue weighted by Crippen LogP contribution is 2.39. The number of aromatic nitrogens is 4. The van der Waals surface area contributed by atoms with Crippen LogP contribution in [-0.4, -0.2) is 67.8 Å². The maximum absolute atomic E-state index is 14.2. The molecule has 0 amide bonds. The van der Waals surface area contributed by atoms with E-state index in [2.05, 4.69) is 44.2 Å². The second-order valence-corrected chi connectivity index (χ2v) is 10.3. The molecule has 2 aliphatic heterocycles. The summed E-state index contributed by atoms with van der Waals surface area (Å²) in [6.07, 6.45) is 6.07. The smallest absolute Gasteiger partial charge is 0.159 e. The van der Waals surface area contributed by atoms with Gasteiger partial charge in [-0.1, -0.05) is 24.6 Å². The summed E-state index contributed by atoms with van der Waals surface area (Å²) >= 11 is 0. The summed E-state index contributed by atoms with van der Waals surface area (Å²) in [6.45, 7) is 6.30. The van der Waals surface area contributed by atoms with Crippen molar-refractivity contribution < 1.29 is 9.50 Å². The second kappa shape index (κ2) is 8.91. The number of aliphatic hydroxyl groups is 1. The van der Waals surface area contributed by atoms with Crippen molar-refractivity contribution >= 4 is 10.9 Å². The number of hydrogen-bond donors (Lipinski definition) is 3. The van der Waals surface area contributed by atoms with Crippen molar-refractivity contribution in [2.24, 2.45) is 0 Å². The number of halogens is 1. The Morgan fingerprint density at radius 1 is 1.26 bits per heavy atom. The molecule has 2 atom stereocenters. The monoisotopic (exact) mass is 476 g/mol. The van der Waals surface area contributed by atoms with Crippen LogP contribution in [0, 0.1) is 0 Å². The molecular formula is C27H33FN6O. The Balaban J connectivity index is 1.24. The van der Waals surface area contributed by atoms with Gasteiger partial charge in [0.15, 0.2) is 5.82 Å². The van der Waals surface area contributed by atoms with Gasteiger partial charge in [0.25, 0.3) is 0 Å². The molecule has 8 heteroatoms. The molecular weight excluding hydrogens is 443 g/mol. The SMILES string of the molecule is CCC1=CC(O)=C(F)CC1c1ccc2c(-c3nc4c([nH]3)CN(C[C@@H]3CCCN3C)CC4)n[nH]c2c1. The summed E-state index contributed by atoms with van der Waals surface area (Å²) in [5, 5.41) is 18.6. The lowest BCUT2D eigenvalue weighted by atomic mass is 9.83. The Morgan fingerprint density at radius 2 is 2.14 bits per heavy atom. The highest BCUT2D eigenvalue weighted by molar-refractivity contribution is 5.91. The number of fused-ring (bicyclic) bond motifs is 2. The maximum Gasteiger partial charge on any atom is 0.159 e. The molecule has 0 saturated carbocycles. The number of benzene rings is 1. The van der Waals surface area contributed by atoms with Crippen LogP contribution in [0.3, 0.4) is 0 Å². The largest absolute Gasteiger partial charge is 0.505 e. The van der Waals surface area contributed by atoms with Crippen LogP contribution in [0.2, 0.25) is 0 Å². The summed E-state index contributed by atoms with van der Waals surface area (Å²) in [4.78, 5) is 13.5. The zero-order valence-electron chi connectivity index (χ0n) is 20.4. The summed E-state index contributed by atoms with van der Waals surface area (Å²) in [5.74, 6) is 0.0402. The Bertz CT molecular complexity index is 1320. The number of aliphatic hydroxyl groups excluding tert-OH is 1. The molecule has 0 bridgehead atoms. The van der Waals surface area contributed by atoms with Crippen LogP contribution in [0.4, 0.5) is 4.39 Å². The van der Waals surface area contributed by atoms with Crippen LogP contribution >= 0.6 is 0 Å². The number of hydrogen-bond acceptors (Lipinski definition) is 5. The van der Waals surface area contributed by atoms with E-state index in [1.54, 1.807) is 6.08 Å². The minimum absolute atomic E-state index is 0.0760. The van der Waals surface area contributed by atoms with Crippen molar-refractivity contribution in [3.8, 4) is 11.5 Å². The minimum Gasteiger partial charge on any atom is -0.505 e. The molecule has 35 heavy (non-hydrogen) atoms. The van der Waals surface area contributed by atoms with Crippen molar-refractivity contribution in [3.05, 3.63) is 58.4 Å². The van der Waals surface area contributed by atoms with E-state index in [1.807, 2.05) is 13.0 Å². The quantitative estimate of drug-likeness (QED) is 0.484. The van der Waals surface area contributed by atoms with Crippen molar-refractivity contribution in [1.82, 2.24) is 30.0 Å². The van der Waals surface area contributed by atoms with Crippen LogP contribution < -0.4 is 0 Å². The van der Waals surface area contributed by atoms with Gasteiger partial charge in [-0.3, -0.25) is 10.00 Å². The molecule has 1 fully saturated rings. The van der Waals surface area contributed by atoms with E-state index in [0.717, 1.165) is 71.7 Å². The third kappa shape index (κ3) is 4.08. The van der Waals surface area contributed by atoms with E-state index in [0.29, 0.717) is 6.04 Å². The molecule has 184 valence electrons. The molecule has 3 aromatic rings. The number of imidazole rings is 1. The molecule has 0 spiro atoms. The first-order chi connectivity index (χ1) is 17.0. The number of rotatable bonds is 5. The van der Waals surface area contributed by atoms with E-state index >= 15 is 0 Å². The number of nitrogens with one attached hydrogen (secondary N) is 2. The third-order valence-electron chi connectivity index (χ3n) is 8.10. The Hall–Kier alpha value is -2.97. The Labute approximate surface area is 204 Å². The zero-order valence-corrected chi connectivity index (χ0v) is 20.4. The van der Waals surface area contributed by atoms with E-state index in [1.165, 1.54) is 25.1 Å². The molecule has 1 unspecified atom stereocenters. The molecule has 7 nitrogen and oxygen atoms in total. The average molecular weight is 477 g/mol. The minimum atomic E-state index is -0.451. The lowest BCUT2D eigenvalue weighted by Crippen LogP contribution is -2.41. The molecule has 3 N–H and O–H groups in total. The van der Waals surface area contributed by atoms with Crippen molar-refractivity contribution in [2.45, 2.75) is 57.5 Å². The first-order valence-corrected chi connectivity index (χ1v) is 12.8. The zero-order chi connectivity index (χ0) is 24.1. The number of aromatic amines is 2. The number of likely N-dealkylation sites (tertiary alicyclic amines) is 1. The first-order valence-electron chi connectivity index (χ1n) is 12.8. The number of nitrogens with zero attached hydrogens (tertiary/aromatic N) is 4. The van der Waals surface area contributed by atoms with E-state index in [9.17, 15) is 9.50 Å². The highest BCUT2D eigenvalue weighted by atomic mass is 19.1. The second-order valence-electron chi connectivity index (χ2n) is 10.3. The fourth-order valence-electron chi connectivity index (χ4n) is 6.01. The fourth-order valence-corrected chi connectivity index (χ4v) is 6.01. The van der Waals surface area contributed by atoms with Gasteiger partial charge in [0, 0.05) is 49.8 Å². The van der Waals surface area contributed by atoms with E-state index in [4.69, 9.17) is 4.98 Å². The first kappa shape index (κ1) is 22.5. The number of likely N-dealkylation sites (N-methyl/N-ethyl adjacent to an activating group) is 1. The standard InChI is InChI=1S/C27H33FN6O/c1-3-16-12-25(35)21(28)13-20(16)17-6-7-19-23(11-17)31-32-26(19)27-29-22-8-10-34(15-24(22)30-27)14-18-5-4-9-33(18)2/h6-7,11-12,18,20,35H,3-5,8-10,13-15H2,1-2H3,(H,29,30)(H,31,32)/t18-,20?/m0/s1. The lowest BCUT2D eigenvalue weighted by molar-refractivity contribution is 0.179. The normalized spacial score (nSPS) is 23.8. The predicted molar refractivity (Wildman–Crippen MR) is 135 cm³/mol. The average Bonchev–Trinajstić information content (AvgIpc) is 3.58. The topological polar surface area (TPSA) is 84.1 Å². The molecule has 1 aromatic carbocycles. The van der Waals surface area contributed by atoms with Crippen LogP contribution in [0.5, 0.6) is 0 Å². The van der Waals surface area contributed by atoms with Crippen molar-refractivity contribution in [3.63, 3.8) is 0 Å². The molecule has 2 aromatic heterocycles. The van der Waals surface area contributed by atoms with E-state index in [-0.39, 0.29) is 18.1 Å². The molecule has 0 radical (unpaired) electrons. The van der Waals surface area contributed by atoms with Crippen molar-refractivity contribution in [1.29, 1.82) is 0 Å². The number of H-pyrrole nitrogens is 2. The molecule has 1 aliphatic carbocycles. The van der Waals surface area contributed by atoms with Gasteiger partial charge in [-0.15, -0.1) is 0 Å². The summed E-state index contributed by atoms with van der Waals surface area (Å²) in [5.41, 5.74) is 6.13. The summed E-state index contributed by atoms with van der Waals surface area (Å²) < 4.78 is 14.2. The Morgan fingerprint density at radius 3 is 2.94 bits per heavy atom. The highest BCUT2D eigenvalue weighted by Gasteiger charge is 2.28. The van der Waals surface area contributed by atoms with Gasteiger partial charge in [-0.25, -0.2) is 9.37 Å². The van der Waals surface area contributed by atoms with Gasteiger partial charge in [-0.2, -0.15) is 5.10 Å². The summed E-state index contributed by atoms with van der Waals surface area (Å²) in [7, 11) is 2.24.